The van der Waals surface area contributed by atoms with E-state index >= 15 is 0 Å². The Labute approximate surface area is 182 Å². The molecule has 1 fully saturated rings. The molecule has 0 atom stereocenters. The molecule has 2 nitrogen and oxygen atoms in total. The Balaban J connectivity index is 0.000000612. The van der Waals surface area contributed by atoms with E-state index < -0.39 is 0 Å². The standard InChI is InChI=1S/C21H34N2.C6H14/c1-6-12-22-15-19-13-16(4)20(14-18(19)7-2)21(10-9-11-21)17(5)23-8-3;1-3-5-6-4-2/h13-14,22-23H,5-12,15H2,1-4H3;3-6H2,1-2H3. The van der Waals surface area contributed by atoms with Crippen molar-refractivity contribution in [1.29, 1.82) is 0 Å². The molecular weight excluding hydrogens is 352 g/mol. The van der Waals surface area contributed by atoms with E-state index in [1.165, 1.54) is 79.3 Å². The van der Waals surface area contributed by atoms with Crippen molar-refractivity contribution < 1.29 is 0 Å². The third-order valence-corrected chi connectivity index (χ3v) is 6.32. The van der Waals surface area contributed by atoms with Crippen LogP contribution in [0.5, 0.6) is 0 Å². The van der Waals surface area contributed by atoms with Crippen LogP contribution in [0.25, 0.3) is 0 Å². The summed E-state index contributed by atoms with van der Waals surface area (Å²) < 4.78 is 0. The van der Waals surface area contributed by atoms with Crippen LogP contribution < -0.4 is 10.6 Å². The Hall–Kier alpha value is -1.28. The lowest BCUT2D eigenvalue weighted by atomic mass is 9.61. The predicted octanol–water partition coefficient (Wildman–Crippen LogP) is 7.19. The van der Waals surface area contributed by atoms with Crippen molar-refractivity contribution in [3.8, 4) is 0 Å². The number of rotatable bonds is 12. The van der Waals surface area contributed by atoms with Crippen molar-refractivity contribution in [2.45, 2.75) is 111 Å². The molecule has 1 saturated carbocycles. The smallest absolute Gasteiger partial charge is 0.0346 e. The Morgan fingerprint density at radius 2 is 1.62 bits per heavy atom. The number of unbranched alkanes of at least 4 members (excludes halogenated alkanes) is 3. The molecule has 2 rings (SSSR count). The molecule has 0 aromatic heterocycles. The summed E-state index contributed by atoms with van der Waals surface area (Å²) in [6.07, 6.45) is 11.6. The largest absolute Gasteiger partial charge is 0.388 e. The molecule has 1 aliphatic rings. The number of nitrogens with one attached hydrogen (secondary N) is 2. The molecule has 0 amide bonds. The van der Waals surface area contributed by atoms with Crippen LogP contribution in [0.4, 0.5) is 0 Å². The summed E-state index contributed by atoms with van der Waals surface area (Å²) in [4.78, 5) is 0. The predicted molar refractivity (Wildman–Crippen MR) is 131 cm³/mol. The Kier molecular flexibility index (Phi) is 12.3. The molecule has 0 bridgehead atoms. The first-order chi connectivity index (χ1) is 14.0. The van der Waals surface area contributed by atoms with Gasteiger partial charge in [0.25, 0.3) is 0 Å². The molecule has 0 unspecified atom stereocenters. The molecule has 0 saturated heterocycles. The van der Waals surface area contributed by atoms with Gasteiger partial charge in [0.05, 0.1) is 0 Å². The fourth-order valence-electron chi connectivity index (χ4n) is 4.37. The average Bonchev–Trinajstić information content (AvgIpc) is 2.68. The van der Waals surface area contributed by atoms with Crippen molar-refractivity contribution in [2.24, 2.45) is 0 Å². The highest BCUT2D eigenvalue weighted by atomic mass is 14.9. The molecule has 0 spiro atoms. The Bertz CT molecular complexity index is 595. The fraction of sp³-hybridized carbons (Fsp3) is 0.704. The molecule has 1 aromatic rings. The fourth-order valence-corrected chi connectivity index (χ4v) is 4.37. The number of hydrogen-bond acceptors (Lipinski definition) is 2. The van der Waals surface area contributed by atoms with Crippen LogP contribution in [0.2, 0.25) is 0 Å². The zero-order valence-corrected chi connectivity index (χ0v) is 20.3. The van der Waals surface area contributed by atoms with Gasteiger partial charge in [-0.1, -0.05) is 78.5 Å². The normalized spacial score (nSPS) is 14.6. The lowest BCUT2D eigenvalue weighted by molar-refractivity contribution is 0.279. The van der Waals surface area contributed by atoms with Gasteiger partial charge in [0.1, 0.15) is 0 Å². The summed E-state index contributed by atoms with van der Waals surface area (Å²) in [6.45, 7) is 20.8. The monoisotopic (exact) mass is 400 g/mol. The van der Waals surface area contributed by atoms with Gasteiger partial charge in [-0.05, 0) is 68.3 Å². The summed E-state index contributed by atoms with van der Waals surface area (Å²) >= 11 is 0. The third kappa shape index (κ3) is 7.17. The number of allylic oxidation sites excluding steroid dienone is 1. The number of hydrogen-bond donors (Lipinski definition) is 2. The van der Waals surface area contributed by atoms with Crippen molar-refractivity contribution in [1.82, 2.24) is 10.6 Å². The topological polar surface area (TPSA) is 24.1 Å². The van der Waals surface area contributed by atoms with Crippen LogP contribution in [0.3, 0.4) is 0 Å². The zero-order chi connectivity index (χ0) is 21.7. The van der Waals surface area contributed by atoms with Crippen molar-refractivity contribution in [3.63, 3.8) is 0 Å². The molecule has 0 heterocycles. The molecule has 2 heteroatoms. The highest BCUT2D eigenvalue weighted by molar-refractivity contribution is 5.47. The minimum atomic E-state index is 0.166. The first kappa shape index (κ1) is 25.8. The van der Waals surface area contributed by atoms with Crippen LogP contribution >= 0.6 is 0 Å². The lowest BCUT2D eigenvalue weighted by Crippen LogP contribution is -2.42. The van der Waals surface area contributed by atoms with Crippen LogP contribution in [-0.4, -0.2) is 13.1 Å². The van der Waals surface area contributed by atoms with Crippen LogP contribution in [0, 0.1) is 6.92 Å². The second-order valence-electron chi connectivity index (χ2n) is 8.62. The molecule has 2 N–H and O–H groups in total. The van der Waals surface area contributed by atoms with Crippen molar-refractivity contribution in [3.05, 3.63) is 46.7 Å². The SMILES string of the molecule is C=C(NCC)C1(c2cc(CC)c(CNCCC)cc2C)CCC1.CCCCCC. The van der Waals surface area contributed by atoms with Crippen LogP contribution in [0.15, 0.2) is 24.4 Å². The zero-order valence-electron chi connectivity index (χ0n) is 20.3. The number of likely N-dealkylation sites (N-methyl/N-ethyl adjacent to an activating group) is 1. The van der Waals surface area contributed by atoms with Crippen LogP contribution in [0.1, 0.15) is 108 Å². The highest BCUT2D eigenvalue weighted by Gasteiger charge is 2.42. The maximum atomic E-state index is 4.37. The summed E-state index contributed by atoms with van der Waals surface area (Å²) in [5.41, 5.74) is 7.27. The molecule has 29 heavy (non-hydrogen) atoms. The van der Waals surface area contributed by atoms with Gasteiger partial charge in [0.15, 0.2) is 0 Å². The molecule has 1 aromatic carbocycles. The van der Waals surface area contributed by atoms with E-state index in [0.29, 0.717) is 0 Å². The second kappa shape index (κ2) is 13.9. The van der Waals surface area contributed by atoms with Gasteiger partial charge in [-0.2, -0.15) is 0 Å². The van der Waals surface area contributed by atoms with Crippen molar-refractivity contribution in [2.75, 3.05) is 13.1 Å². The minimum absolute atomic E-state index is 0.166. The maximum Gasteiger partial charge on any atom is 0.0346 e. The van der Waals surface area contributed by atoms with Gasteiger partial charge in [0.2, 0.25) is 0 Å². The Morgan fingerprint density at radius 1 is 0.966 bits per heavy atom. The second-order valence-corrected chi connectivity index (χ2v) is 8.62. The van der Waals surface area contributed by atoms with E-state index in [9.17, 15) is 0 Å². The summed E-state index contributed by atoms with van der Waals surface area (Å²) in [7, 11) is 0. The molecule has 0 radical (unpaired) electrons. The number of benzene rings is 1. The maximum absolute atomic E-state index is 4.37. The van der Waals surface area contributed by atoms with E-state index in [1.54, 1.807) is 0 Å². The van der Waals surface area contributed by atoms with Crippen LogP contribution in [-0.2, 0) is 18.4 Å². The lowest BCUT2D eigenvalue weighted by Gasteiger charge is -2.45. The van der Waals surface area contributed by atoms with E-state index in [2.05, 4.69) is 70.9 Å². The quantitative estimate of drug-likeness (QED) is 0.363. The van der Waals surface area contributed by atoms with E-state index in [1.807, 2.05) is 0 Å². The minimum Gasteiger partial charge on any atom is -0.388 e. The number of aryl methyl sites for hydroxylation is 2. The van der Waals surface area contributed by atoms with Gasteiger partial charge in [-0.3, -0.25) is 0 Å². The van der Waals surface area contributed by atoms with Gasteiger partial charge in [0, 0.05) is 24.2 Å². The summed E-state index contributed by atoms with van der Waals surface area (Å²) in [6, 6.07) is 4.89. The molecule has 1 aliphatic carbocycles. The van der Waals surface area contributed by atoms with Gasteiger partial charge < -0.3 is 10.6 Å². The summed E-state index contributed by atoms with van der Waals surface area (Å²) in [5.74, 6) is 0. The first-order valence-corrected chi connectivity index (χ1v) is 12.3. The van der Waals surface area contributed by atoms with Gasteiger partial charge >= 0.3 is 0 Å². The average molecular weight is 401 g/mol. The highest BCUT2D eigenvalue weighted by Crippen LogP contribution is 2.49. The molecular formula is C27H48N2. The van der Waals surface area contributed by atoms with Crippen molar-refractivity contribution >= 4 is 0 Å². The van der Waals surface area contributed by atoms with E-state index in [0.717, 1.165) is 26.1 Å². The van der Waals surface area contributed by atoms with Gasteiger partial charge in [-0.25, -0.2) is 0 Å². The first-order valence-electron chi connectivity index (χ1n) is 12.3. The summed E-state index contributed by atoms with van der Waals surface area (Å²) in [5, 5.41) is 7.05. The van der Waals surface area contributed by atoms with Gasteiger partial charge in [-0.15, -0.1) is 0 Å². The Morgan fingerprint density at radius 3 is 2.07 bits per heavy atom. The van der Waals surface area contributed by atoms with E-state index in [4.69, 9.17) is 0 Å². The molecule has 0 aliphatic heterocycles. The third-order valence-electron chi connectivity index (χ3n) is 6.32. The molecule has 166 valence electrons. The van der Waals surface area contributed by atoms with E-state index in [-0.39, 0.29) is 5.41 Å².